The van der Waals surface area contributed by atoms with Gasteiger partial charge in [-0.1, -0.05) is 12.1 Å². The maximum absolute atomic E-state index is 11.3. The molecule has 0 spiro atoms. The first-order valence-electron chi connectivity index (χ1n) is 4.80. The van der Waals surface area contributed by atoms with Gasteiger partial charge in [0.05, 0.1) is 7.11 Å². The fourth-order valence-electron chi connectivity index (χ4n) is 1.12. The molecular weight excluding hydrogens is 208 g/mol. The molecule has 2 amide bonds. The summed E-state index contributed by atoms with van der Waals surface area (Å²) in [6, 6.07) is 6.93. The third-order valence-corrected chi connectivity index (χ3v) is 1.90. The number of amides is 2. The molecule has 2 N–H and O–H groups in total. The van der Waals surface area contributed by atoms with Gasteiger partial charge in [0.25, 0.3) is 0 Å². The molecule has 0 aliphatic rings. The van der Waals surface area contributed by atoms with Gasteiger partial charge in [-0.3, -0.25) is 4.79 Å². The lowest BCUT2D eigenvalue weighted by Crippen LogP contribution is -2.33. The van der Waals surface area contributed by atoms with Crippen molar-refractivity contribution in [1.29, 1.82) is 0 Å². The van der Waals surface area contributed by atoms with E-state index in [-0.39, 0.29) is 6.54 Å². The fraction of sp³-hybridized carbons (Fsp3) is 0.273. The summed E-state index contributed by atoms with van der Waals surface area (Å²) in [4.78, 5) is 22.1. The highest BCUT2D eigenvalue weighted by Crippen LogP contribution is 2.08. The zero-order valence-corrected chi connectivity index (χ0v) is 9.24. The van der Waals surface area contributed by atoms with Crippen LogP contribution in [0.5, 0.6) is 0 Å². The number of nitrogens with one attached hydrogen (secondary N) is 2. The van der Waals surface area contributed by atoms with E-state index in [2.05, 4.69) is 15.4 Å². The highest BCUT2D eigenvalue weighted by Gasteiger charge is 2.04. The lowest BCUT2D eigenvalue weighted by molar-refractivity contribution is -0.139. The van der Waals surface area contributed by atoms with Crippen molar-refractivity contribution in [2.75, 3.05) is 19.0 Å². The number of hydrogen-bond donors (Lipinski definition) is 2. The van der Waals surface area contributed by atoms with Crippen LogP contribution in [0.4, 0.5) is 10.5 Å². The van der Waals surface area contributed by atoms with E-state index < -0.39 is 12.0 Å². The predicted molar refractivity (Wildman–Crippen MR) is 60.2 cm³/mol. The van der Waals surface area contributed by atoms with E-state index in [1.54, 1.807) is 6.07 Å². The minimum Gasteiger partial charge on any atom is -0.468 e. The third kappa shape index (κ3) is 4.00. The summed E-state index contributed by atoms with van der Waals surface area (Å²) in [5.74, 6) is -0.487. The van der Waals surface area contributed by atoms with Gasteiger partial charge in [0.15, 0.2) is 0 Å². The Bertz CT molecular complexity index is 391. The van der Waals surface area contributed by atoms with Gasteiger partial charge in [-0.05, 0) is 24.6 Å². The van der Waals surface area contributed by atoms with Gasteiger partial charge in [-0.2, -0.15) is 0 Å². The van der Waals surface area contributed by atoms with Crippen molar-refractivity contribution < 1.29 is 14.3 Å². The Balaban J connectivity index is 2.43. The molecule has 1 aromatic carbocycles. The molecule has 86 valence electrons. The van der Waals surface area contributed by atoms with E-state index in [4.69, 9.17) is 0 Å². The smallest absolute Gasteiger partial charge is 0.325 e. The molecule has 0 atom stereocenters. The van der Waals surface area contributed by atoms with Crippen LogP contribution in [0, 0.1) is 6.92 Å². The summed E-state index contributed by atoms with van der Waals surface area (Å²) < 4.78 is 4.39. The highest BCUT2D eigenvalue weighted by molar-refractivity contribution is 5.91. The van der Waals surface area contributed by atoms with E-state index in [1.165, 1.54) is 7.11 Å². The number of carbonyl (C=O) groups excluding carboxylic acids is 2. The molecule has 0 radical (unpaired) electrons. The van der Waals surface area contributed by atoms with Crippen LogP contribution in [0.3, 0.4) is 0 Å². The van der Waals surface area contributed by atoms with E-state index in [0.29, 0.717) is 5.69 Å². The van der Waals surface area contributed by atoms with Crippen molar-refractivity contribution >= 4 is 17.7 Å². The first kappa shape index (κ1) is 12.0. The van der Waals surface area contributed by atoms with Crippen molar-refractivity contribution in [1.82, 2.24) is 5.32 Å². The van der Waals surface area contributed by atoms with Crippen molar-refractivity contribution in [3.05, 3.63) is 29.8 Å². The van der Waals surface area contributed by atoms with Crippen LogP contribution >= 0.6 is 0 Å². The Kier molecular flexibility index (Phi) is 4.32. The molecule has 0 heterocycles. The lowest BCUT2D eigenvalue weighted by Gasteiger charge is -2.06. The zero-order valence-electron chi connectivity index (χ0n) is 9.24. The average molecular weight is 222 g/mol. The second-order valence-corrected chi connectivity index (χ2v) is 3.25. The topological polar surface area (TPSA) is 67.4 Å². The maximum Gasteiger partial charge on any atom is 0.325 e. The van der Waals surface area contributed by atoms with Crippen LogP contribution in [0.15, 0.2) is 24.3 Å². The van der Waals surface area contributed by atoms with Crippen LogP contribution in [-0.4, -0.2) is 25.7 Å². The summed E-state index contributed by atoms with van der Waals surface area (Å²) in [6.07, 6.45) is 0. The van der Waals surface area contributed by atoms with Crippen molar-refractivity contribution in [3.8, 4) is 0 Å². The largest absolute Gasteiger partial charge is 0.468 e. The second-order valence-electron chi connectivity index (χ2n) is 3.25. The Morgan fingerprint density at radius 2 is 2.12 bits per heavy atom. The number of methoxy groups -OCH3 is 1. The zero-order chi connectivity index (χ0) is 12.0. The molecule has 0 saturated carbocycles. The summed E-state index contributed by atoms with van der Waals surface area (Å²) in [7, 11) is 1.27. The van der Waals surface area contributed by atoms with Crippen LogP contribution in [-0.2, 0) is 9.53 Å². The van der Waals surface area contributed by atoms with Gasteiger partial charge < -0.3 is 15.4 Å². The molecule has 0 fully saturated rings. The van der Waals surface area contributed by atoms with Crippen LogP contribution in [0.25, 0.3) is 0 Å². The van der Waals surface area contributed by atoms with Crippen molar-refractivity contribution in [2.24, 2.45) is 0 Å². The first-order valence-corrected chi connectivity index (χ1v) is 4.80. The summed E-state index contributed by atoms with van der Waals surface area (Å²) in [5.41, 5.74) is 1.73. The number of rotatable bonds is 3. The molecular formula is C11H14N2O3. The minimum atomic E-state index is -0.487. The molecule has 1 rings (SSSR count). The quantitative estimate of drug-likeness (QED) is 0.757. The molecule has 5 nitrogen and oxygen atoms in total. The molecule has 5 heteroatoms. The fourth-order valence-corrected chi connectivity index (χ4v) is 1.12. The van der Waals surface area contributed by atoms with Crippen LogP contribution in [0.2, 0.25) is 0 Å². The van der Waals surface area contributed by atoms with E-state index in [9.17, 15) is 9.59 Å². The Labute approximate surface area is 93.8 Å². The summed E-state index contributed by atoms with van der Waals surface area (Å²) in [5, 5.41) is 4.98. The SMILES string of the molecule is COC(=O)CNC(=O)Nc1cccc(C)c1. The Morgan fingerprint density at radius 1 is 1.38 bits per heavy atom. The number of carbonyl (C=O) groups is 2. The number of esters is 1. The highest BCUT2D eigenvalue weighted by atomic mass is 16.5. The van der Waals surface area contributed by atoms with E-state index in [1.807, 2.05) is 25.1 Å². The molecule has 0 unspecified atom stereocenters. The number of benzene rings is 1. The lowest BCUT2D eigenvalue weighted by atomic mass is 10.2. The van der Waals surface area contributed by atoms with Crippen LogP contribution in [0.1, 0.15) is 5.56 Å². The predicted octanol–water partition coefficient (Wildman–Crippen LogP) is 1.29. The van der Waals surface area contributed by atoms with Gasteiger partial charge in [0.2, 0.25) is 0 Å². The van der Waals surface area contributed by atoms with Crippen LogP contribution < -0.4 is 10.6 Å². The van der Waals surface area contributed by atoms with Gasteiger partial charge >= 0.3 is 12.0 Å². The molecule has 0 aliphatic heterocycles. The number of anilines is 1. The first-order chi connectivity index (χ1) is 7.61. The van der Waals surface area contributed by atoms with Gasteiger partial charge in [-0.25, -0.2) is 4.79 Å². The van der Waals surface area contributed by atoms with Gasteiger partial charge in [0, 0.05) is 5.69 Å². The summed E-state index contributed by atoms with van der Waals surface area (Å²) in [6.45, 7) is 1.78. The van der Waals surface area contributed by atoms with Gasteiger partial charge in [-0.15, -0.1) is 0 Å². The Hall–Kier alpha value is -2.04. The molecule has 16 heavy (non-hydrogen) atoms. The minimum absolute atomic E-state index is 0.145. The van der Waals surface area contributed by atoms with Crippen molar-refractivity contribution in [3.63, 3.8) is 0 Å². The molecule has 0 aromatic heterocycles. The molecule has 1 aromatic rings. The second kappa shape index (κ2) is 5.75. The molecule has 0 aliphatic carbocycles. The van der Waals surface area contributed by atoms with E-state index in [0.717, 1.165) is 5.56 Å². The summed E-state index contributed by atoms with van der Waals surface area (Å²) >= 11 is 0. The number of urea groups is 1. The van der Waals surface area contributed by atoms with Crippen molar-refractivity contribution in [2.45, 2.75) is 6.92 Å². The Morgan fingerprint density at radius 3 is 2.75 bits per heavy atom. The normalized spacial score (nSPS) is 9.38. The number of aryl methyl sites for hydroxylation is 1. The number of hydrogen-bond acceptors (Lipinski definition) is 3. The number of ether oxygens (including phenoxy) is 1. The average Bonchev–Trinajstić information content (AvgIpc) is 2.26. The molecule has 0 bridgehead atoms. The standard InChI is InChI=1S/C11H14N2O3/c1-8-4-3-5-9(6-8)13-11(15)12-7-10(14)16-2/h3-6H,7H2,1-2H3,(H2,12,13,15). The maximum atomic E-state index is 11.3. The third-order valence-electron chi connectivity index (χ3n) is 1.90. The molecule has 0 saturated heterocycles. The van der Waals surface area contributed by atoms with Gasteiger partial charge in [0.1, 0.15) is 6.54 Å². The van der Waals surface area contributed by atoms with E-state index >= 15 is 0 Å². The monoisotopic (exact) mass is 222 g/mol.